The number of fused-ring (bicyclic) bond motifs is 19. The predicted octanol–water partition coefficient (Wildman–Crippen LogP) is 17.3. The summed E-state index contributed by atoms with van der Waals surface area (Å²) < 4.78 is 4.88. The van der Waals surface area contributed by atoms with E-state index >= 15 is 0 Å². The van der Waals surface area contributed by atoms with Crippen molar-refractivity contribution >= 4 is 65.3 Å². The van der Waals surface area contributed by atoms with Gasteiger partial charge in [0.05, 0.1) is 38.7 Å². The molecule has 3 heterocycles. The van der Waals surface area contributed by atoms with Crippen molar-refractivity contribution in [2.45, 2.75) is 5.41 Å². The van der Waals surface area contributed by atoms with Crippen LogP contribution >= 0.6 is 0 Å². The molecule has 0 unspecified atom stereocenters. The van der Waals surface area contributed by atoms with E-state index in [1.54, 1.807) is 0 Å². The van der Waals surface area contributed by atoms with Crippen LogP contribution in [0, 0.1) is 0 Å². The van der Waals surface area contributed by atoms with Crippen LogP contribution in [0.4, 0.5) is 0 Å². The molecule has 0 aliphatic heterocycles. The van der Waals surface area contributed by atoms with Gasteiger partial charge in [-0.05, 0) is 122 Å². The third kappa shape index (κ3) is 5.19. The van der Waals surface area contributed by atoms with Gasteiger partial charge in [-0.15, -0.1) is 0 Å². The standard InChI is InChI=1S/C68H41N3/c1-9-25-58-47(17-1)48-18-2-10-26-59(48)68(58)60-27-11-3-19-49(60)56-40-57-55(41-61(56)68)50-20-4-12-28-62(50)69-67(57)43-35-33-42(34-36-43)44-37-45(70-63-29-13-5-21-51(63)52-22-6-14-30-64(52)70)39-46(38-44)71-65-31-15-7-23-53(65)54-24-8-16-32-66(54)71/h1-41H. The monoisotopic (exact) mass is 899 g/mol. The van der Waals surface area contributed by atoms with Crippen molar-refractivity contribution in [2.24, 2.45) is 0 Å². The number of benzene rings is 11. The molecule has 3 heteroatoms. The Morgan fingerprint density at radius 2 is 0.676 bits per heavy atom. The van der Waals surface area contributed by atoms with Crippen LogP contribution in [-0.2, 0) is 5.41 Å². The Labute approximate surface area is 409 Å². The first-order chi connectivity index (χ1) is 35.2. The van der Waals surface area contributed by atoms with Crippen molar-refractivity contribution < 1.29 is 0 Å². The van der Waals surface area contributed by atoms with Crippen molar-refractivity contribution in [3.63, 3.8) is 0 Å². The van der Waals surface area contributed by atoms with Crippen molar-refractivity contribution in [3.8, 4) is 56.0 Å². The van der Waals surface area contributed by atoms with Gasteiger partial charge in [-0.3, -0.25) is 0 Å². The summed E-state index contributed by atoms with van der Waals surface area (Å²) in [7, 11) is 0. The molecule has 14 aromatic rings. The number of nitrogens with zero attached hydrogens (tertiary/aromatic N) is 3. The second-order valence-corrected chi connectivity index (χ2v) is 19.4. The zero-order chi connectivity index (χ0) is 46.4. The Bertz CT molecular complexity index is 4300. The lowest BCUT2D eigenvalue weighted by Gasteiger charge is -2.30. The van der Waals surface area contributed by atoms with Crippen LogP contribution in [0.3, 0.4) is 0 Å². The minimum atomic E-state index is -0.425. The Balaban J connectivity index is 0.913. The van der Waals surface area contributed by atoms with E-state index in [0.29, 0.717) is 0 Å². The molecule has 0 fully saturated rings. The molecule has 0 radical (unpaired) electrons. The lowest BCUT2D eigenvalue weighted by atomic mass is 9.70. The second-order valence-electron chi connectivity index (χ2n) is 19.4. The molecule has 16 rings (SSSR count). The highest BCUT2D eigenvalue weighted by molar-refractivity contribution is 6.15. The van der Waals surface area contributed by atoms with E-state index in [9.17, 15) is 0 Å². The maximum Gasteiger partial charge on any atom is 0.0788 e. The fraction of sp³-hybridized carbons (Fsp3) is 0.0147. The van der Waals surface area contributed by atoms with E-state index in [-0.39, 0.29) is 0 Å². The van der Waals surface area contributed by atoms with Gasteiger partial charge in [-0.2, -0.15) is 0 Å². The van der Waals surface area contributed by atoms with Crippen LogP contribution in [0.1, 0.15) is 22.3 Å². The number of hydrogen-bond acceptors (Lipinski definition) is 1. The third-order valence-electron chi connectivity index (χ3n) is 15.9. The quantitative estimate of drug-likeness (QED) is 0.161. The molecule has 328 valence electrons. The molecule has 71 heavy (non-hydrogen) atoms. The highest BCUT2D eigenvalue weighted by Gasteiger charge is 2.51. The second kappa shape index (κ2) is 14.4. The topological polar surface area (TPSA) is 22.8 Å². The van der Waals surface area contributed by atoms with Gasteiger partial charge in [-0.1, -0.05) is 188 Å². The van der Waals surface area contributed by atoms with Crippen LogP contribution in [-0.4, -0.2) is 14.1 Å². The summed E-state index contributed by atoms with van der Waals surface area (Å²) in [5.41, 5.74) is 22.5. The van der Waals surface area contributed by atoms with Crippen molar-refractivity contribution in [1.82, 2.24) is 14.1 Å². The van der Waals surface area contributed by atoms with E-state index in [1.807, 2.05) is 0 Å². The van der Waals surface area contributed by atoms with E-state index < -0.39 is 5.41 Å². The number of para-hydroxylation sites is 5. The van der Waals surface area contributed by atoms with Gasteiger partial charge in [0.2, 0.25) is 0 Å². The van der Waals surface area contributed by atoms with Gasteiger partial charge in [0, 0.05) is 49.3 Å². The average molecular weight is 900 g/mol. The van der Waals surface area contributed by atoms with Crippen molar-refractivity contribution in [1.29, 1.82) is 0 Å². The number of hydrogen-bond donors (Lipinski definition) is 0. The molecule has 0 amide bonds. The summed E-state index contributed by atoms with van der Waals surface area (Å²) in [6, 6.07) is 92.2. The van der Waals surface area contributed by atoms with Crippen LogP contribution in [0.25, 0.3) is 121 Å². The minimum Gasteiger partial charge on any atom is -0.309 e. The Kier molecular flexibility index (Phi) is 7.82. The third-order valence-corrected chi connectivity index (χ3v) is 15.9. The SMILES string of the molecule is c1ccc2c(c1)-c1ccccc1C21c2ccccc2-c2cc3c(-c4ccc(-c5cc(-n6c7ccccc7c7ccccc76)cc(-n6c7ccccc7c7ccccc76)c5)cc4)nc4ccccc4c3cc21. The maximum atomic E-state index is 5.52. The fourth-order valence-electron chi connectivity index (χ4n) is 13.0. The smallest absolute Gasteiger partial charge is 0.0788 e. The summed E-state index contributed by atoms with van der Waals surface area (Å²) in [6.45, 7) is 0. The molecule has 0 saturated heterocycles. The average Bonchev–Trinajstić information content (AvgIpc) is 4.14. The lowest BCUT2D eigenvalue weighted by Crippen LogP contribution is -2.25. The van der Waals surface area contributed by atoms with Crippen LogP contribution in [0.2, 0.25) is 0 Å². The molecular formula is C68H41N3. The molecule has 3 nitrogen and oxygen atoms in total. The maximum absolute atomic E-state index is 5.52. The van der Waals surface area contributed by atoms with E-state index in [0.717, 1.165) is 50.0 Å². The largest absolute Gasteiger partial charge is 0.309 e. The first-order valence-electron chi connectivity index (χ1n) is 24.6. The summed E-state index contributed by atoms with van der Waals surface area (Å²) in [4.78, 5) is 5.52. The van der Waals surface area contributed by atoms with E-state index in [2.05, 4.69) is 258 Å². The van der Waals surface area contributed by atoms with Gasteiger partial charge in [0.1, 0.15) is 0 Å². The van der Waals surface area contributed by atoms with E-state index in [4.69, 9.17) is 4.98 Å². The van der Waals surface area contributed by atoms with Crippen LogP contribution in [0.5, 0.6) is 0 Å². The molecule has 0 N–H and O–H groups in total. The highest BCUT2D eigenvalue weighted by Crippen LogP contribution is 2.63. The van der Waals surface area contributed by atoms with Gasteiger partial charge in [0.15, 0.2) is 0 Å². The first-order valence-corrected chi connectivity index (χ1v) is 24.6. The Morgan fingerprint density at radius 3 is 1.18 bits per heavy atom. The minimum absolute atomic E-state index is 0.425. The van der Waals surface area contributed by atoms with Gasteiger partial charge < -0.3 is 9.13 Å². The van der Waals surface area contributed by atoms with Crippen LogP contribution in [0.15, 0.2) is 249 Å². The highest BCUT2D eigenvalue weighted by atomic mass is 15.0. The fourth-order valence-corrected chi connectivity index (χ4v) is 13.0. The summed E-state index contributed by atoms with van der Waals surface area (Å²) in [5.74, 6) is 0. The predicted molar refractivity (Wildman–Crippen MR) is 295 cm³/mol. The van der Waals surface area contributed by atoms with Crippen molar-refractivity contribution in [2.75, 3.05) is 0 Å². The van der Waals surface area contributed by atoms with E-state index in [1.165, 1.54) is 93.5 Å². The molecule has 1 spiro atoms. The molecule has 2 aliphatic carbocycles. The summed E-state index contributed by atoms with van der Waals surface area (Å²) >= 11 is 0. The zero-order valence-electron chi connectivity index (χ0n) is 38.5. The summed E-state index contributed by atoms with van der Waals surface area (Å²) in [6.07, 6.45) is 0. The number of rotatable bonds is 4. The Hall–Kier alpha value is -9.31. The molecule has 0 atom stereocenters. The number of pyridine rings is 1. The van der Waals surface area contributed by atoms with Gasteiger partial charge in [-0.25, -0.2) is 4.98 Å². The summed E-state index contributed by atoms with van der Waals surface area (Å²) in [5, 5.41) is 8.51. The number of aromatic nitrogens is 3. The molecule has 0 bridgehead atoms. The van der Waals surface area contributed by atoms with Gasteiger partial charge in [0.25, 0.3) is 0 Å². The molecular weight excluding hydrogens is 859 g/mol. The molecule has 2 aliphatic rings. The van der Waals surface area contributed by atoms with Crippen LogP contribution < -0.4 is 0 Å². The molecule has 0 saturated carbocycles. The molecule has 11 aromatic carbocycles. The molecule has 3 aromatic heterocycles. The van der Waals surface area contributed by atoms with Crippen molar-refractivity contribution in [3.05, 3.63) is 271 Å². The van der Waals surface area contributed by atoms with Gasteiger partial charge >= 0.3 is 0 Å². The first kappa shape index (κ1) is 38.6. The zero-order valence-corrected chi connectivity index (χ0v) is 38.5. The Morgan fingerprint density at radius 1 is 0.268 bits per heavy atom. The normalized spacial score (nSPS) is 13.2. The lowest BCUT2D eigenvalue weighted by molar-refractivity contribution is 0.795.